The van der Waals surface area contributed by atoms with E-state index in [0.717, 1.165) is 19.6 Å². The first-order valence-corrected chi connectivity index (χ1v) is 10.2. The van der Waals surface area contributed by atoms with Crippen LogP contribution in [0.2, 0.25) is 0 Å². The Morgan fingerprint density at radius 3 is 2.37 bits per heavy atom. The minimum absolute atomic E-state index is 0.122. The van der Waals surface area contributed by atoms with Crippen molar-refractivity contribution in [3.8, 4) is 0 Å². The Kier molecular flexibility index (Phi) is 6.11. The molecule has 2 aromatic carbocycles. The molecule has 0 aliphatic carbocycles. The van der Waals surface area contributed by atoms with E-state index in [9.17, 15) is 14.0 Å². The van der Waals surface area contributed by atoms with Crippen LogP contribution in [0.1, 0.15) is 17.2 Å². The first-order valence-electron chi connectivity index (χ1n) is 10.2. The molecule has 4 rings (SSSR count). The Morgan fingerprint density at radius 2 is 1.70 bits per heavy atom. The van der Waals surface area contributed by atoms with Crippen LogP contribution in [0, 0.1) is 5.82 Å². The quantitative estimate of drug-likeness (QED) is 0.773. The zero-order valence-electron chi connectivity index (χ0n) is 17.0. The van der Waals surface area contributed by atoms with Gasteiger partial charge in [0.05, 0.1) is 6.04 Å². The molecule has 6 nitrogen and oxygen atoms in total. The molecular formula is C23H26FN3O3. The van der Waals surface area contributed by atoms with Gasteiger partial charge in [0.1, 0.15) is 12.4 Å². The van der Waals surface area contributed by atoms with Gasteiger partial charge in [0.25, 0.3) is 5.91 Å². The Morgan fingerprint density at radius 1 is 1.03 bits per heavy atom. The topological polar surface area (TPSA) is 53.1 Å². The maximum atomic E-state index is 13.4. The van der Waals surface area contributed by atoms with Crippen LogP contribution in [0.4, 0.5) is 4.39 Å². The molecule has 0 radical (unpaired) electrons. The van der Waals surface area contributed by atoms with Gasteiger partial charge in [-0.25, -0.2) is 4.39 Å². The number of halogens is 1. The molecule has 0 aromatic heterocycles. The largest absolute Gasteiger partial charge is 0.356 e. The molecule has 2 heterocycles. The third kappa shape index (κ3) is 4.37. The predicted octanol–water partition coefficient (Wildman–Crippen LogP) is 2.07. The normalized spacial score (nSPS) is 22.9. The zero-order valence-corrected chi connectivity index (χ0v) is 17.0. The average Bonchev–Trinajstić information content (AvgIpc) is 2.77. The van der Waals surface area contributed by atoms with Gasteiger partial charge in [0, 0.05) is 39.8 Å². The van der Waals surface area contributed by atoms with Crippen molar-refractivity contribution in [2.45, 2.75) is 18.7 Å². The molecule has 0 spiro atoms. The van der Waals surface area contributed by atoms with Crippen molar-refractivity contribution < 1.29 is 18.7 Å². The summed E-state index contributed by atoms with van der Waals surface area (Å²) >= 11 is 0. The van der Waals surface area contributed by atoms with E-state index in [-0.39, 0.29) is 24.2 Å². The first kappa shape index (κ1) is 20.5. The summed E-state index contributed by atoms with van der Waals surface area (Å²) in [6.07, 6.45) is -0.793. The van der Waals surface area contributed by atoms with E-state index in [1.54, 1.807) is 19.2 Å². The van der Waals surface area contributed by atoms with Gasteiger partial charge in [-0.2, -0.15) is 0 Å². The molecule has 0 unspecified atom stereocenters. The van der Waals surface area contributed by atoms with Gasteiger partial charge in [0.2, 0.25) is 5.91 Å². The Balaban J connectivity index is 1.43. The molecule has 2 aliphatic heterocycles. The summed E-state index contributed by atoms with van der Waals surface area (Å²) < 4.78 is 19.1. The standard InChI is InChI=1S/C23H26FN3O3/c1-25-20(28)16-30-22(21(25)18-7-9-19(24)10-8-18)23(29)27-13-11-26(12-14-27)15-17-5-3-2-4-6-17/h2-10,21-22H,11-16H2,1H3/t21-,22+/m1/s1. The number of hydrogen-bond acceptors (Lipinski definition) is 4. The summed E-state index contributed by atoms with van der Waals surface area (Å²) in [6, 6.07) is 15.6. The highest BCUT2D eigenvalue weighted by molar-refractivity contribution is 5.86. The predicted molar refractivity (Wildman–Crippen MR) is 110 cm³/mol. The lowest BCUT2D eigenvalue weighted by Gasteiger charge is -2.42. The fraction of sp³-hybridized carbons (Fsp3) is 0.391. The van der Waals surface area contributed by atoms with Crippen LogP contribution in [0.3, 0.4) is 0 Å². The second kappa shape index (κ2) is 8.93. The molecule has 158 valence electrons. The van der Waals surface area contributed by atoms with Gasteiger partial charge in [-0.1, -0.05) is 42.5 Å². The minimum atomic E-state index is -0.793. The Labute approximate surface area is 175 Å². The van der Waals surface area contributed by atoms with Crippen molar-refractivity contribution in [2.75, 3.05) is 39.8 Å². The highest BCUT2D eigenvalue weighted by Gasteiger charge is 2.42. The molecule has 7 heteroatoms. The van der Waals surface area contributed by atoms with E-state index in [4.69, 9.17) is 4.74 Å². The molecule has 2 atom stereocenters. The number of morpholine rings is 1. The van der Waals surface area contributed by atoms with Crippen molar-refractivity contribution in [1.82, 2.24) is 14.7 Å². The molecule has 0 N–H and O–H groups in total. The van der Waals surface area contributed by atoms with Gasteiger partial charge >= 0.3 is 0 Å². The van der Waals surface area contributed by atoms with Crippen molar-refractivity contribution in [3.05, 3.63) is 71.5 Å². The van der Waals surface area contributed by atoms with Gasteiger partial charge in [-0.3, -0.25) is 14.5 Å². The monoisotopic (exact) mass is 411 g/mol. The van der Waals surface area contributed by atoms with Gasteiger partial charge in [0.15, 0.2) is 6.10 Å². The fourth-order valence-corrected chi connectivity index (χ4v) is 4.12. The number of amides is 2. The Hall–Kier alpha value is -2.77. The summed E-state index contributed by atoms with van der Waals surface area (Å²) in [4.78, 5) is 31.2. The molecule has 30 heavy (non-hydrogen) atoms. The number of nitrogens with zero attached hydrogens (tertiary/aromatic N) is 3. The second-order valence-corrected chi connectivity index (χ2v) is 7.82. The lowest BCUT2D eigenvalue weighted by molar-refractivity contribution is -0.168. The van der Waals surface area contributed by atoms with Crippen LogP contribution in [0.25, 0.3) is 0 Å². The van der Waals surface area contributed by atoms with E-state index in [1.807, 2.05) is 23.1 Å². The summed E-state index contributed by atoms with van der Waals surface area (Å²) in [5, 5.41) is 0. The van der Waals surface area contributed by atoms with E-state index in [1.165, 1.54) is 22.6 Å². The number of rotatable bonds is 4. The van der Waals surface area contributed by atoms with Crippen LogP contribution in [0.5, 0.6) is 0 Å². The molecule has 2 aliphatic rings. The number of carbonyl (C=O) groups is 2. The molecule has 2 saturated heterocycles. The Bertz CT molecular complexity index is 882. The van der Waals surface area contributed by atoms with Crippen LogP contribution in [0.15, 0.2) is 54.6 Å². The maximum Gasteiger partial charge on any atom is 0.254 e. The van der Waals surface area contributed by atoms with Crippen LogP contribution < -0.4 is 0 Å². The lowest BCUT2D eigenvalue weighted by Crippen LogP contribution is -2.57. The highest BCUT2D eigenvalue weighted by Crippen LogP contribution is 2.30. The van der Waals surface area contributed by atoms with E-state index >= 15 is 0 Å². The number of ether oxygens (including phenoxy) is 1. The molecular weight excluding hydrogens is 385 g/mol. The van der Waals surface area contributed by atoms with Crippen LogP contribution in [-0.2, 0) is 20.9 Å². The molecule has 0 bridgehead atoms. The third-order valence-corrected chi connectivity index (χ3v) is 5.87. The summed E-state index contributed by atoms with van der Waals surface area (Å²) in [5.74, 6) is -0.675. The van der Waals surface area contributed by atoms with Crippen molar-refractivity contribution >= 4 is 11.8 Å². The van der Waals surface area contributed by atoms with Gasteiger partial charge in [-0.15, -0.1) is 0 Å². The minimum Gasteiger partial charge on any atom is -0.356 e. The summed E-state index contributed by atoms with van der Waals surface area (Å²) in [6.45, 7) is 3.52. The fourth-order valence-electron chi connectivity index (χ4n) is 4.12. The van der Waals surface area contributed by atoms with Crippen molar-refractivity contribution in [2.24, 2.45) is 0 Å². The van der Waals surface area contributed by atoms with Gasteiger partial charge in [-0.05, 0) is 23.3 Å². The van der Waals surface area contributed by atoms with E-state index in [2.05, 4.69) is 17.0 Å². The number of hydrogen-bond donors (Lipinski definition) is 0. The molecule has 2 aromatic rings. The summed E-state index contributed by atoms with van der Waals surface area (Å²) in [7, 11) is 1.66. The number of benzene rings is 2. The zero-order chi connectivity index (χ0) is 21.1. The maximum absolute atomic E-state index is 13.4. The lowest BCUT2D eigenvalue weighted by atomic mass is 9.97. The molecule has 0 saturated carbocycles. The third-order valence-electron chi connectivity index (χ3n) is 5.87. The SMILES string of the molecule is CN1C(=O)CO[C@H](C(=O)N2CCN(Cc3ccccc3)CC2)[C@H]1c1ccc(F)cc1. The summed E-state index contributed by atoms with van der Waals surface area (Å²) in [5.41, 5.74) is 1.94. The molecule has 2 amide bonds. The highest BCUT2D eigenvalue weighted by atomic mass is 19.1. The van der Waals surface area contributed by atoms with Crippen LogP contribution in [-0.4, -0.2) is 72.5 Å². The average molecular weight is 411 g/mol. The number of likely N-dealkylation sites (N-methyl/N-ethyl adjacent to an activating group) is 1. The first-order chi connectivity index (χ1) is 14.5. The van der Waals surface area contributed by atoms with E-state index < -0.39 is 12.1 Å². The smallest absolute Gasteiger partial charge is 0.254 e. The van der Waals surface area contributed by atoms with Crippen molar-refractivity contribution in [3.63, 3.8) is 0 Å². The van der Waals surface area contributed by atoms with Gasteiger partial charge < -0.3 is 14.5 Å². The van der Waals surface area contributed by atoms with E-state index in [0.29, 0.717) is 18.7 Å². The number of carbonyl (C=O) groups excluding carboxylic acids is 2. The second-order valence-electron chi connectivity index (χ2n) is 7.82. The molecule has 2 fully saturated rings. The number of piperazine rings is 1. The van der Waals surface area contributed by atoms with Crippen molar-refractivity contribution in [1.29, 1.82) is 0 Å². The van der Waals surface area contributed by atoms with Crippen LogP contribution >= 0.6 is 0 Å².